The van der Waals surface area contributed by atoms with Crippen molar-refractivity contribution >= 4 is 11.6 Å². The van der Waals surface area contributed by atoms with Crippen molar-refractivity contribution in [3.05, 3.63) is 25.3 Å². The molecule has 6 nitrogen and oxygen atoms in total. The zero-order valence-electron chi connectivity index (χ0n) is 11.6. The predicted molar refractivity (Wildman–Crippen MR) is 73.9 cm³/mol. The largest absolute Gasteiger partial charge is 0.349 e. The van der Waals surface area contributed by atoms with Crippen molar-refractivity contribution in [1.82, 2.24) is 0 Å². The molecule has 0 unspecified atom stereocenters. The third kappa shape index (κ3) is 3.03. The molecule has 7 atom stereocenters. The van der Waals surface area contributed by atoms with E-state index in [1.54, 1.807) is 12.2 Å². The zero-order chi connectivity index (χ0) is 14.8. The standard InChI is InChI=1S/C14H19ClO6/c1-3-9-17-7-8-11(19-9)12-13(21-10(4-2)20-12)14(18-8)16-6-5-15/h3-4,8-14H,1-2,5-7H2/t8-,9-,10+,11-,12+,13+,14+/m1/s1. The van der Waals surface area contributed by atoms with E-state index in [-0.39, 0.29) is 24.4 Å². The van der Waals surface area contributed by atoms with E-state index in [2.05, 4.69) is 13.2 Å². The van der Waals surface area contributed by atoms with Crippen LogP contribution in [0.15, 0.2) is 25.3 Å². The topological polar surface area (TPSA) is 55.4 Å². The number of hydrogen-bond acceptors (Lipinski definition) is 6. The average molecular weight is 319 g/mol. The van der Waals surface area contributed by atoms with Crippen LogP contribution in [0.3, 0.4) is 0 Å². The van der Waals surface area contributed by atoms with Crippen LogP contribution >= 0.6 is 11.6 Å². The summed E-state index contributed by atoms with van der Waals surface area (Å²) in [4.78, 5) is 0. The minimum Gasteiger partial charge on any atom is -0.349 e. The number of alkyl halides is 1. The van der Waals surface area contributed by atoms with Crippen LogP contribution in [0, 0.1) is 0 Å². The molecule has 0 radical (unpaired) electrons. The van der Waals surface area contributed by atoms with Gasteiger partial charge in [-0.3, -0.25) is 0 Å². The van der Waals surface area contributed by atoms with Crippen LogP contribution < -0.4 is 0 Å². The zero-order valence-corrected chi connectivity index (χ0v) is 12.3. The first kappa shape index (κ1) is 15.4. The molecule has 0 saturated carbocycles. The number of fused-ring (bicyclic) bond motifs is 3. The van der Waals surface area contributed by atoms with Gasteiger partial charge in [-0.15, -0.1) is 11.6 Å². The van der Waals surface area contributed by atoms with Gasteiger partial charge < -0.3 is 28.4 Å². The second kappa shape index (κ2) is 6.75. The smallest absolute Gasteiger partial charge is 0.187 e. The summed E-state index contributed by atoms with van der Waals surface area (Å²) in [6.45, 7) is 8.11. The van der Waals surface area contributed by atoms with Crippen LogP contribution in [0.2, 0.25) is 0 Å². The molecule has 3 rings (SSSR count). The highest BCUT2D eigenvalue weighted by Gasteiger charge is 2.55. The molecule has 0 aliphatic carbocycles. The second-order valence-corrected chi connectivity index (χ2v) is 5.32. The summed E-state index contributed by atoms with van der Waals surface area (Å²) in [5.74, 6) is 0.378. The molecule has 0 aromatic rings. The molecule has 3 aliphatic heterocycles. The van der Waals surface area contributed by atoms with Crippen molar-refractivity contribution in [2.75, 3.05) is 19.1 Å². The molecule has 0 aromatic heterocycles. The van der Waals surface area contributed by atoms with E-state index in [9.17, 15) is 0 Å². The van der Waals surface area contributed by atoms with Crippen LogP contribution in [-0.2, 0) is 28.4 Å². The first-order chi connectivity index (χ1) is 10.3. The molecule has 0 aromatic carbocycles. The lowest BCUT2D eigenvalue weighted by atomic mass is 9.98. The Balaban J connectivity index is 1.76. The Hall–Kier alpha value is -0.470. The van der Waals surface area contributed by atoms with Crippen LogP contribution in [0.25, 0.3) is 0 Å². The highest BCUT2D eigenvalue weighted by molar-refractivity contribution is 6.17. The fourth-order valence-corrected chi connectivity index (χ4v) is 2.82. The normalized spacial score (nSPS) is 45.7. The molecular formula is C14H19ClO6. The maximum Gasteiger partial charge on any atom is 0.187 e. The molecule has 3 heterocycles. The lowest BCUT2D eigenvalue weighted by Crippen LogP contribution is -2.62. The highest BCUT2D eigenvalue weighted by atomic mass is 35.5. The molecule has 3 aliphatic rings. The van der Waals surface area contributed by atoms with Crippen LogP contribution in [0.5, 0.6) is 0 Å². The molecule has 0 spiro atoms. The Bertz CT molecular complexity index is 392. The summed E-state index contributed by atoms with van der Waals surface area (Å²) >= 11 is 5.67. The van der Waals surface area contributed by atoms with E-state index in [0.29, 0.717) is 19.1 Å². The summed E-state index contributed by atoms with van der Waals surface area (Å²) < 4.78 is 34.4. The minimum absolute atomic E-state index is 0.282. The van der Waals surface area contributed by atoms with Gasteiger partial charge in [0.1, 0.15) is 24.4 Å². The Labute approximate surface area is 128 Å². The van der Waals surface area contributed by atoms with Gasteiger partial charge in [0.2, 0.25) is 0 Å². The van der Waals surface area contributed by atoms with Gasteiger partial charge in [-0.1, -0.05) is 13.2 Å². The molecule has 3 saturated heterocycles. The van der Waals surface area contributed by atoms with E-state index >= 15 is 0 Å². The summed E-state index contributed by atoms with van der Waals surface area (Å²) in [7, 11) is 0. The highest BCUT2D eigenvalue weighted by Crippen LogP contribution is 2.37. The monoisotopic (exact) mass is 318 g/mol. The molecule has 21 heavy (non-hydrogen) atoms. The average Bonchev–Trinajstić information content (AvgIpc) is 2.97. The molecule has 118 valence electrons. The van der Waals surface area contributed by atoms with Crippen LogP contribution in [0.4, 0.5) is 0 Å². The SMILES string of the molecule is C=C[C@@H]1OC[C@H]2O[C@H](OCCCl)[C@H]3O[C@@H](C=C)O[C@H]3[C@@H]2O1. The summed E-state index contributed by atoms with van der Waals surface area (Å²) in [6, 6.07) is 0. The molecule has 0 amide bonds. The number of rotatable bonds is 5. The molecule has 3 fully saturated rings. The van der Waals surface area contributed by atoms with Crippen molar-refractivity contribution in [3.63, 3.8) is 0 Å². The fraction of sp³-hybridized carbons (Fsp3) is 0.714. The number of hydrogen-bond donors (Lipinski definition) is 0. The molecule has 0 bridgehead atoms. The third-order valence-electron chi connectivity index (χ3n) is 3.63. The van der Waals surface area contributed by atoms with Gasteiger partial charge in [-0.05, 0) is 12.2 Å². The van der Waals surface area contributed by atoms with Crippen molar-refractivity contribution in [2.45, 2.75) is 43.3 Å². The van der Waals surface area contributed by atoms with Gasteiger partial charge in [0.15, 0.2) is 18.9 Å². The van der Waals surface area contributed by atoms with E-state index in [1.807, 2.05) is 0 Å². The summed E-state index contributed by atoms with van der Waals surface area (Å²) in [5.41, 5.74) is 0. The third-order valence-corrected chi connectivity index (χ3v) is 3.79. The Morgan fingerprint density at radius 3 is 2.43 bits per heavy atom. The molecular weight excluding hydrogens is 300 g/mol. The second-order valence-electron chi connectivity index (χ2n) is 4.95. The molecule has 0 N–H and O–H groups in total. The Morgan fingerprint density at radius 2 is 1.71 bits per heavy atom. The van der Waals surface area contributed by atoms with Crippen molar-refractivity contribution in [2.24, 2.45) is 0 Å². The number of halogens is 1. The van der Waals surface area contributed by atoms with Gasteiger partial charge in [-0.25, -0.2) is 0 Å². The lowest BCUT2D eigenvalue weighted by Gasteiger charge is -2.45. The van der Waals surface area contributed by atoms with Crippen molar-refractivity contribution in [1.29, 1.82) is 0 Å². The summed E-state index contributed by atoms with van der Waals surface area (Å²) in [5, 5.41) is 0. The molecule has 7 heteroatoms. The van der Waals surface area contributed by atoms with E-state index in [1.165, 1.54) is 0 Å². The van der Waals surface area contributed by atoms with E-state index in [0.717, 1.165) is 0 Å². The predicted octanol–water partition coefficient (Wildman–Crippen LogP) is 1.19. The van der Waals surface area contributed by atoms with Gasteiger partial charge in [0, 0.05) is 5.88 Å². The van der Waals surface area contributed by atoms with Gasteiger partial charge >= 0.3 is 0 Å². The van der Waals surface area contributed by atoms with Gasteiger partial charge in [-0.2, -0.15) is 0 Å². The van der Waals surface area contributed by atoms with Crippen molar-refractivity contribution < 1.29 is 28.4 Å². The minimum atomic E-state index is -0.563. The van der Waals surface area contributed by atoms with E-state index < -0.39 is 18.9 Å². The van der Waals surface area contributed by atoms with E-state index in [4.69, 9.17) is 40.0 Å². The van der Waals surface area contributed by atoms with Gasteiger partial charge in [0.05, 0.1) is 13.2 Å². The van der Waals surface area contributed by atoms with Gasteiger partial charge in [0.25, 0.3) is 0 Å². The first-order valence-corrected chi connectivity index (χ1v) is 7.46. The summed E-state index contributed by atoms with van der Waals surface area (Å²) in [6.07, 6.45) is 0.382. The van der Waals surface area contributed by atoms with Crippen molar-refractivity contribution in [3.8, 4) is 0 Å². The quantitative estimate of drug-likeness (QED) is 0.561. The fourth-order valence-electron chi connectivity index (χ4n) is 2.73. The Morgan fingerprint density at radius 1 is 1.00 bits per heavy atom. The first-order valence-electron chi connectivity index (χ1n) is 6.93. The number of ether oxygens (including phenoxy) is 6. The lowest BCUT2D eigenvalue weighted by molar-refractivity contribution is -0.334. The van der Waals surface area contributed by atoms with Crippen LogP contribution in [-0.4, -0.2) is 62.4 Å². The maximum absolute atomic E-state index is 5.89. The Kier molecular flexibility index (Phi) is 4.96. The maximum atomic E-state index is 5.89. The van der Waals surface area contributed by atoms with Crippen LogP contribution in [0.1, 0.15) is 0 Å².